The molecule has 0 spiro atoms. The first-order valence-electron chi connectivity index (χ1n) is 10.8. The first-order chi connectivity index (χ1) is 11.8. The van der Waals surface area contributed by atoms with Gasteiger partial charge in [0.05, 0.1) is 0 Å². The Morgan fingerprint density at radius 1 is 0.875 bits per heavy atom. The van der Waals surface area contributed by atoms with Crippen LogP contribution in [0, 0.1) is 17.8 Å². The van der Waals surface area contributed by atoms with Crippen LogP contribution in [0.4, 0.5) is 0 Å². The number of benzene rings is 1. The summed E-state index contributed by atoms with van der Waals surface area (Å²) in [6, 6.07) is 11.0. The second-order valence-electron chi connectivity index (χ2n) is 8.34. The third-order valence-electron chi connectivity index (χ3n) is 6.38. The molecule has 24 heavy (non-hydrogen) atoms. The molecule has 0 radical (unpaired) electrons. The number of hydrogen-bond acceptors (Lipinski definition) is 0. The molecule has 1 saturated carbocycles. The second-order valence-corrected chi connectivity index (χ2v) is 8.34. The van der Waals surface area contributed by atoms with E-state index >= 15 is 0 Å². The normalized spacial score (nSPS) is 22.4. The summed E-state index contributed by atoms with van der Waals surface area (Å²) >= 11 is 0. The van der Waals surface area contributed by atoms with Crippen LogP contribution < -0.4 is 0 Å². The van der Waals surface area contributed by atoms with Gasteiger partial charge in [0, 0.05) is 0 Å². The molecule has 0 aliphatic heterocycles. The topological polar surface area (TPSA) is 0 Å². The maximum absolute atomic E-state index is 2.51. The van der Waals surface area contributed by atoms with Crippen molar-refractivity contribution in [2.45, 2.75) is 97.3 Å². The number of aryl methyl sites for hydroxylation is 1. The van der Waals surface area contributed by atoms with E-state index in [-0.39, 0.29) is 0 Å². The lowest BCUT2D eigenvalue weighted by Gasteiger charge is -2.32. The summed E-state index contributed by atoms with van der Waals surface area (Å²) in [5.74, 6) is 3.00. The fraction of sp³-hybridized carbons (Fsp3) is 0.750. The van der Waals surface area contributed by atoms with Gasteiger partial charge in [-0.25, -0.2) is 0 Å². The highest BCUT2D eigenvalue weighted by Crippen LogP contribution is 2.37. The first-order valence-corrected chi connectivity index (χ1v) is 10.8. The molecule has 136 valence electrons. The van der Waals surface area contributed by atoms with Gasteiger partial charge in [-0.1, -0.05) is 102 Å². The highest BCUT2D eigenvalue weighted by Gasteiger charge is 2.24. The smallest absolute Gasteiger partial charge is 0.0279 e. The molecule has 1 aliphatic carbocycles. The molecule has 1 unspecified atom stereocenters. The molecule has 1 fully saturated rings. The average molecular weight is 329 g/mol. The Balaban J connectivity index is 1.54. The summed E-state index contributed by atoms with van der Waals surface area (Å²) in [5.41, 5.74) is 1.51. The average Bonchev–Trinajstić information content (AvgIpc) is 2.63. The van der Waals surface area contributed by atoms with Gasteiger partial charge in [-0.15, -0.1) is 0 Å². The Morgan fingerprint density at radius 2 is 1.58 bits per heavy atom. The van der Waals surface area contributed by atoms with E-state index in [1.54, 1.807) is 0 Å². The minimum atomic E-state index is 0.930. The van der Waals surface area contributed by atoms with Crippen LogP contribution in [0.1, 0.15) is 96.5 Å². The molecule has 0 heteroatoms. The molecular weight excluding hydrogens is 288 g/mol. The molecule has 0 N–H and O–H groups in total. The van der Waals surface area contributed by atoms with E-state index in [1.165, 1.54) is 89.0 Å². The molecule has 1 aromatic carbocycles. The largest absolute Gasteiger partial charge is 0.0654 e. The van der Waals surface area contributed by atoms with Crippen molar-refractivity contribution in [1.29, 1.82) is 0 Å². The molecule has 0 heterocycles. The highest BCUT2D eigenvalue weighted by molar-refractivity contribution is 5.14. The predicted molar refractivity (Wildman–Crippen MR) is 107 cm³/mol. The lowest BCUT2D eigenvalue weighted by atomic mass is 9.74. The Kier molecular flexibility index (Phi) is 9.54. The van der Waals surface area contributed by atoms with Gasteiger partial charge in [-0.3, -0.25) is 0 Å². The molecule has 0 amide bonds. The van der Waals surface area contributed by atoms with Crippen LogP contribution in [0.5, 0.6) is 0 Å². The molecule has 1 aliphatic rings. The standard InChI is InChI=1S/C24H40/c1-3-4-5-6-8-15-23-17-19-24(20-18-23)21(2)12-11-16-22-13-9-7-10-14-22/h7,9-10,13-14,21,23-24H,3-6,8,11-12,15-20H2,1-2H3/t21?,23-,24-. The van der Waals surface area contributed by atoms with Crippen LogP contribution in [0.25, 0.3) is 0 Å². The van der Waals surface area contributed by atoms with Gasteiger partial charge in [0.15, 0.2) is 0 Å². The van der Waals surface area contributed by atoms with Gasteiger partial charge in [-0.2, -0.15) is 0 Å². The van der Waals surface area contributed by atoms with Crippen molar-refractivity contribution in [3.05, 3.63) is 35.9 Å². The first kappa shape index (κ1) is 19.5. The quantitative estimate of drug-likeness (QED) is 0.363. The fourth-order valence-corrected chi connectivity index (χ4v) is 4.59. The van der Waals surface area contributed by atoms with E-state index in [0.717, 1.165) is 17.8 Å². The maximum atomic E-state index is 2.51. The van der Waals surface area contributed by atoms with E-state index in [0.29, 0.717) is 0 Å². The second kappa shape index (κ2) is 11.7. The molecule has 0 nitrogen and oxygen atoms in total. The van der Waals surface area contributed by atoms with Crippen LogP contribution in [0.3, 0.4) is 0 Å². The zero-order valence-corrected chi connectivity index (χ0v) is 16.3. The van der Waals surface area contributed by atoms with Crippen molar-refractivity contribution in [2.24, 2.45) is 17.8 Å². The van der Waals surface area contributed by atoms with Crippen LogP contribution in [-0.2, 0) is 6.42 Å². The molecule has 1 aromatic rings. The molecule has 0 bridgehead atoms. The highest BCUT2D eigenvalue weighted by atomic mass is 14.3. The third-order valence-corrected chi connectivity index (χ3v) is 6.38. The monoisotopic (exact) mass is 328 g/mol. The van der Waals surface area contributed by atoms with Crippen molar-refractivity contribution in [2.75, 3.05) is 0 Å². The van der Waals surface area contributed by atoms with Crippen molar-refractivity contribution < 1.29 is 0 Å². The minimum absolute atomic E-state index is 0.930. The lowest BCUT2D eigenvalue weighted by Crippen LogP contribution is -2.20. The van der Waals surface area contributed by atoms with Gasteiger partial charge in [0.2, 0.25) is 0 Å². The molecule has 0 aromatic heterocycles. The maximum Gasteiger partial charge on any atom is -0.0279 e. The van der Waals surface area contributed by atoms with Crippen molar-refractivity contribution >= 4 is 0 Å². The van der Waals surface area contributed by atoms with Crippen LogP contribution in [-0.4, -0.2) is 0 Å². The van der Waals surface area contributed by atoms with E-state index in [2.05, 4.69) is 44.2 Å². The zero-order valence-electron chi connectivity index (χ0n) is 16.3. The number of unbranched alkanes of at least 4 members (excludes halogenated alkanes) is 4. The predicted octanol–water partition coefficient (Wildman–Crippen LogP) is 7.81. The van der Waals surface area contributed by atoms with Crippen molar-refractivity contribution in [1.82, 2.24) is 0 Å². The zero-order chi connectivity index (χ0) is 17.0. The Hall–Kier alpha value is -0.780. The molecular formula is C24H40. The number of rotatable bonds is 11. The van der Waals surface area contributed by atoms with Gasteiger partial charge in [-0.05, 0) is 49.0 Å². The summed E-state index contributed by atoms with van der Waals surface area (Å²) in [6.45, 7) is 4.82. The van der Waals surface area contributed by atoms with Gasteiger partial charge >= 0.3 is 0 Å². The van der Waals surface area contributed by atoms with E-state index < -0.39 is 0 Å². The Morgan fingerprint density at radius 3 is 2.29 bits per heavy atom. The van der Waals surface area contributed by atoms with Crippen molar-refractivity contribution in [3.8, 4) is 0 Å². The summed E-state index contributed by atoms with van der Waals surface area (Å²) in [4.78, 5) is 0. The SMILES string of the molecule is CCCCCCC[C@H]1CC[C@H](C(C)CCCc2ccccc2)CC1. The van der Waals surface area contributed by atoms with E-state index in [9.17, 15) is 0 Å². The van der Waals surface area contributed by atoms with Gasteiger partial charge in [0.25, 0.3) is 0 Å². The summed E-state index contributed by atoms with van der Waals surface area (Å²) < 4.78 is 0. The Labute approximate surface area is 151 Å². The molecule has 2 rings (SSSR count). The molecule has 1 atom stereocenters. The minimum Gasteiger partial charge on any atom is -0.0654 e. The summed E-state index contributed by atoms with van der Waals surface area (Å²) in [6.07, 6.45) is 18.8. The summed E-state index contributed by atoms with van der Waals surface area (Å²) in [7, 11) is 0. The van der Waals surface area contributed by atoms with Crippen LogP contribution in [0.2, 0.25) is 0 Å². The van der Waals surface area contributed by atoms with Gasteiger partial charge < -0.3 is 0 Å². The van der Waals surface area contributed by atoms with E-state index in [4.69, 9.17) is 0 Å². The van der Waals surface area contributed by atoms with Crippen molar-refractivity contribution in [3.63, 3.8) is 0 Å². The van der Waals surface area contributed by atoms with E-state index in [1.807, 2.05) is 0 Å². The molecule has 0 saturated heterocycles. The Bertz CT molecular complexity index is 399. The fourth-order valence-electron chi connectivity index (χ4n) is 4.59. The lowest BCUT2D eigenvalue weighted by molar-refractivity contribution is 0.196. The summed E-state index contributed by atoms with van der Waals surface area (Å²) in [5, 5.41) is 0. The van der Waals surface area contributed by atoms with Crippen LogP contribution >= 0.6 is 0 Å². The third kappa shape index (κ3) is 7.41. The van der Waals surface area contributed by atoms with Crippen LogP contribution in [0.15, 0.2) is 30.3 Å². The van der Waals surface area contributed by atoms with Gasteiger partial charge in [0.1, 0.15) is 0 Å². The number of hydrogen-bond donors (Lipinski definition) is 0.